The fraction of sp³-hybridized carbons (Fsp3) is 0.810. The summed E-state index contributed by atoms with van der Waals surface area (Å²) in [7, 11) is -7.45. The van der Waals surface area contributed by atoms with Crippen LogP contribution >= 0.6 is 15.6 Å². The van der Waals surface area contributed by atoms with E-state index in [-0.39, 0.29) is 38.3 Å². The third kappa shape index (κ3) is 5.85. The molecule has 0 radical (unpaired) electrons. The van der Waals surface area contributed by atoms with Crippen LogP contribution in [0.15, 0.2) is 24.7 Å². The Morgan fingerprint density at radius 1 is 0.645 bits per heavy atom. The van der Waals surface area contributed by atoms with E-state index < -0.39 is 21.1 Å². The molecular formula is C21H34O8P2. The first-order chi connectivity index (χ1) is 14.8. The van der Waals surface area contributed by atoms with Gasteiger partial charge in [-0.05, 0) is 25.7 Å². The Morgan fingerprint density at radius 2 is 0.968 bits per heavy atom. The van der Waals surface area contributed by atoms with Crippen molar-refractivity contribution in [3.63, 3.8) is 0 Å². The molecule has 0 aromatic heterocycles. The van der Waals surface area contributed by atoms with Crippen molar-refractivity contribution >= 4 is 15.6 Å². The van der Waals surface area contributed by atoms with E-state index in [2.05, 4.69) is 13.2 Å². The Hall–Kier alpha value is -0.620. The van der Waals surface area contributed by atoms with E-state index >= 15 is 0 Å². The SMILES string of the molecule is C=C(OP1(=O)OCC2(CO1)COP(=O)(OC(=C)C1CCCCC1)OC2)C1CCCCC1. The van der Waals surface area contributed by atoms with Gasteiger partial charge in [-0.1, -0.05) is 51.7 Å². The van der Waals surface area contributed by atoms with Crippen LogP contribution in [0.3, 0.4) is 0 Å². The van der Waals surface area contributed by atoms with Crippen molar-refractivity contribution in [2.45, 2.75) is 64.2 Å². The monoisotopic (exact) mass is 476 g/mol. The van der Waals surface area contributed by atoms with Gasteiger partial charge in [0.25, 0.3) is 0 Å². The van der Waals surface area contributed by atoms with Crippen molar-refractivity contribution in [3.05, 3.63) is 24.7 Å². The van der Waals surface area contributed by atoms with Gasteiger partial charge in [0.1, 0.15) is 11.5 Å². The lowest BCUT2D eigenvalue weighted by Crippen LogP contribution is -2.45. The van der Waals surface area contributed by atoms with Crippen LogP contribution in [-0.4, -0.2) is 26.4 Å². The van der Waals surface area contributed by atoms with Crippen LogP contribution in [0.1, 0.15) is 64.2 Å². The van der Waals surface area contributed by atoms with Crippen LogP contribution < -0.4 is 0 Å². The lowest BCUT2D eigenvalue weighted by molar-refractivity contribution is -0.0919. The van der Waals surface area contributed by atoms with Gasteiger partial charge in [0.15, 0.2) is 0 Å². The van der Waals surface area contributed by atoms with E-state index in [9.17, 15) is 9.13 Å². The number of allylic oxidation sites excluding steroid dienone is 2. The topological polar surface area (TPSA) is 89.5 Å². The molecule has 4 aliphatic rings. The highest BCUT2D eigenvalue weighted by Gasteiger charge is 2.51. The summed E-state index contributed by atoms with van der Waals surface area (Å²) < 4.78 is 58.9. The van der Waals surface area contributed by atoms with Crippen molar-refractivity contribution in [1.82, 2.24) is 0 Å². The van der Waals surface area contributed by atoms with E-state index in [0.717, 1.165) is 51.4 Å². The Morgan fingerprint density at radius 3 is 1.29 bits per heavy atom. The van der Waals surface area contributed by atoms with Crippen LogP contribution in [-0.2, 0) is 36.3 Å². The molecule has 2 heterocycles. The van der Waals surface area contributed by atoms with Crippen LogP contribution in [0, 0.1) is 17.3 Å². The fourth-order valence-corrected chi connectivity index (χ4v) is 7.54. The zero-order chi connectivity index (χ0) is 22.0. The van der Waals surface area contributed by atoms with Gasteiger partial charge in [-0.25, -0.2) is 9.13 Å². The first kappa shape index (κ1) is 23.5. The zero-order valence-corrected chi connectivity index (χ0v) is 19.9. The first-order valence-electron chi connectivity index (χ1n) is 11.4. The smallest absolute Gasteiger partial charge is 0.409 e. The molecular weight excluding hydrogens is 442 g/mol. The molecule has 4 rings (SSSR count). The Balaban J connectivity index is 1.26. The van der Waals surface area contributed by atoms with Gasteiger partial charge in [-0.2, -0.15) is 0 Å². The second-order valence-corrected chi connectivity index (χ2v) is 12.5. The minimum atomic E-state index is -3.73. The summed E-state index contributed by atoms with van der Waals surface area (Å²) in [5.41, 5.74) is -0.715. The molecule has 0 unspecified atom stereocenters. The number of phosphoric ester groups is 2. The molecule has 0 N–H and O–H groups in total. The summed E-state index contributed by atoms with van der Waals surface area (Å²) in [6.07, 6.45) is 10.8. The summed E-state index contributed by atoms with van der Waals surface area (Å²) in [5, 5.41) is 0. The van der Waals surface area contributed by atoms with Crippen LogP contribution in [0.25, 0.3) is 0 Å². The maximum absolute atomic E-state index is 12.9. The molecule has 1 spiro atoms. The molecule has 10 heteroatoms. The summed E-state index contributed by atoms with van der Waals surface area (Å²) in [6, 6.07) is 0. The molecule has 2 saturated heterocycles. The lowest BCUT2D eigenvalue weighted by atomic mass is 9.88. The molecule has 8 nitrogen and oxygen atoms in total. The van der Waals surface area contributed by atoms with Gasteiger partial charge in [0, 0.05) is 11.8 Å². The number of hydrogen-bond donors (Lipinski definition) is 0. The van der Waals surface area contributed by atoms with Gasteiger partial charge in [-0.15, -0.1) is 0 Å². The zero-order valence-electron chi connectivity index (χ0n) is 18.1. The third-order valence-corrected chi connectivity index (χ3v) is 9.39. The third-order valence-electron chi connectivity index (χ3n) is 6.69. The highest BCUT2D eigenvalue weighted by atomic mass is 31.2. The largest absolute Gasteiger partial charge is 0.529 e. The Labute approximate surface area is 184 Å². The van der Waals surface area contributed by atoms with E-state index in [1.165, 1.54) is 12.8 Å². The fourth-order valence-electron chi connectivity index (χ4n) is 4.58. The van der Waals surface area contributed by atoms with E-state index in [0.29, 0.717) is 11.5 Å². The minimum absolute atomic E-state index is 0.0474. The predicted octanol–water partition coefficient (Wildman–Crippen LogP) is 6.50. The van der Waals surface area contributed by atoms with E-state index in [1.807, 2.05) is 0 Å². The molecule has 176 valence electrons. The second kappa shape index (κ2) is 9.70. The van der Waals surface area contributed by atoms with Crippen molar-refractivity contribution in [3.8, 4) is 0 Å². The molecule has 0 aromatic rings. The molecule has 0 amide bonds. The van der Waals surface area contributed by atoms with E-state index in [4.69, 9.17) is 27.1 Å². The maximum atomic E-state index is 12.9. The number of rotatable bonds is 6. The van der Waals surface area contributed by atoms with Gasteiger partial charge in [-0.3, -0.25) is 18.1 Å². The van der Waals surface area contributed by atoms with Gasteiger partial charge >= 0.3 is 15.6 Å². The van der Waals surface area contributed by atoms with Crippen LogP contribution in [0.4, 0.5) is 0 Å². The van der Waals surface area contributed by atoms with Crippen molar-refractivity contribution < 1.29 is 36.3 Å². The first-order valence-corrected chi connectivity index (χ1v) is 14.3. The van der Waals surface area contributed by atoms with Gasteiger partial charge in [0.05, 0.1) is 31.8 Å². The molecule has 4 fully saturated rings. The molecule has 0 atom stereocenters. The summed E-state index contributed by atoms with van der Waals surface area (Å²) >= 11 is 0. The van der Waals surface area contributed by atoms with Crippen LogP contribution in [0.2, 0.25) is 0 Å². The molecule has 0 aromatic carbocycles. The quantitative estimate of drug-likeness (QED) is 0.317. The lowest BCUT2D eigenvalue weighted by Gasteiger charge is -2.42. The van der Waals surface area contributed by atoms with Gasteiger partial charge in [0.2, 0.25) is 0 Å². The molecule has 2 aliphatic carbocycles. The molecule has 31 heavy (non-hydrogen) atoms. The summed E-state index contributed by atoms with van der Waals surface area (Å²) in [6.45, 7) is 8.07. The van der Waals surface area contributed by atoms with E-state index in [1.54, 1.807) is 0 Å². The average Bonchev–Trinajstić information content (AvgIpc) is 2.79. The average molecular weight is 476 g/mol. The Kier molecular flexibility index (Phi) is 7.37. The second-order valence-electron chi connectivity index (χ2n) is 9.27. The Bertz CT molecular complexity index is 678. The van der Waals surface area contributed by atoms with Crippen molar-refractivity contribution in [2.24, 2.45) is 17.3 Å². The predicted molar refractivity (Wildman–Crippen MR) is 115 cm³/mol. The number of phosphoric acid groups is 2. The summed E-state index contributed by atoms with van der Waals surface area (Å²) in [4.78, 5) is 0. The molecule has 2 saturated carbocycles. The highest BCUT2D eigenvalue weighted by molar-refractivity contribution is 7.49. The molecule has 2 aliphatic heterocycles. The molecule has 0 bridgehead atoms. The minimum Gasteiger partial charge on any atom is -0.409 e. The summed E-state index contributed by atoms with van der Waals surface area (Å²) in [5.74, 6) is 1.30. The maximum Gasteiger partial charge on any atom is 0.529 e. The van der Waals surface area contributed by atoms with Crippen LogP contribution in [0.5, 0.6) is 0 Å². The highest BCUT2D eigenvalue weighted by Crippen LogP contribution is 2.62. The standard InChI is InChI=1S/C21H34O8P2/c1-17(19-9-5-3-6-10-19)28-30(22)24-13-21(14-25-30)15-26-31(23,27-16-21)29-18(2)20-11-7-4-8-12-20/h19-20H,1-16H2. The number of hydrogen-bond acceptors (Lipinski definition) is 8. The van der Waals surface area contributed by atoms with Crippen molar-refractivity contribution in [2.75, 3.05) is 26.4 Å². The normalized spacial score (nSPS) is 37.9. The van der Waals surface area contributed by atoms with Crippen molar-refractivity contribution in [1.29, 1.82) is 0 Å². The van der Waals surface area contributed by atoms with Gasteiger partial charge < -0.3 is 9.05 Å².